The molecule has 1 atom stereocenters. The highest BCUT2D eigenvalue weighted by atomic mass is 32.2. The van der Waals surface area contributed by atoms with Gasteiger partial charge in [0.05, 0.1) is 27.9 Å². The van der Waals surface area contributed by atoms with E-state index in [4.69, 9.17) is 5.26 Å². The van der Waals surface area contributed by atoms with Crippen LogP contribution >= 0.6 is 0 Å². The van der Waals surface area contributed by atoms with Gasteiger partial charge in [0.1, 0.15) is 0 Å². The van der Waals surface area contributed by atoms with Crippen LogP contribution in [0.4, 0.5) is 0 Å². The summed E-state index contributed by atoms with van der Waals surface area (Å²) in [6.07, 6.45) is 0.600. The Bertz CT molecular complexity index is 571. The number of sulfone groups is 1. The Balaban J connectivity index is 2.56. The van der Waals surface area contributed by atoms with Gasteiger partial charge in [-0.1, -0.05) is 6.92 Å². The lowest BCUT2D eigenvalue weighted by Crippen LogP contribution is -2.38. The lowest BCUT2D eigenvalue weighted by atomic mass is 10.0. The van der Waals surface area contributed by atoms with Gasteiger partial charge in [0.15, 0.2) is 9.84 Å². The second-order valence-electron chi connectivity index (χ2n) is 4.98. The zero-order valence-corrected chi connectivity index (χ0v) is 12.6. The molecule has 1 aromatic carbocycles. The molecule has 110 valence electrons. The summed E-state index contributed by atoms with van der Waals surface area (Å²) < 4.78 is 24.1. The van der Waals surface area contributed by atoms with Crippen LogP contribution in [0.2, 0.25) is 0 Å². The average Bonchev–Trinajstić information content (AvgIpc) is 2.44. The molecule has 0 saturated carbocycles. The van der Waals surface area contributed by atoms with Crippen LogP contribution in [0.15, 0.2) is 29.2 Å². The van der Waals surface area contributed by atoms with Gasteiger partial charge in [-0.15, -0.1) is 0 Å². The van der Waals surface area contributed by atoms with E-state index in [0.29, 0.717) is 18.5 Å². The molecule has 0 aromatic heterocycles. The van der Waals surface area contributed by atoms with Gasteiger partial charge in [0, 0.05) is 13.1 Å². The predicted molar refractivity (Wildman–Crippen MR) is 77.0 cm³/mol. The fourth-order valence-electron chi connectivity index (χ4n) is 1.54. The van der Waals surface area contributed by atoms with Gasteiger partial charge in [-0.25, -0.2) is 8.42 Å². The molecule has 1 rings (SSSR count). The molecule has 0 amide bonds. The zero-order valence-electron chi connectivity index (χ0n) is 11.8. The molecule has 0 bridgehead atoms. The fraction of sp³-hybridized carbons (Fsp3) is 0.500. The number of aliphatic hydroxyl groups is 1. The minimum absolute atomic E-state index is 0.0430. The average molecular weight is 296 g/mol. The van der Waals surface area contributed by atoms with Crippen molar-refractivity contribution in [3.05, 3.63) is 29.8 Å². The highest BCUT2D eigenvalue weighted by Crippen LogP contribution is 2.12. The van der Waals surface area contributed by atoms with Gasteiger partial charge in [-0.3, -0.25) is 0 Å². The van der Waals surface area contributed by atoms with Gasteiger partial charge in [-0.05, 0) is 37.6 Å². The molecule has 0 aliphatic rings. The molecule has 5 nitrogen and oxygen atoms in total. The largest absolute Gasteiger partial charge is 0.389 e. The summed E-state index contributed by atoms with van der Waals surface area (Å²) in [6, 6.07) is 7.80. The van der Waals surface area contributed by atoms with E-state index in [2.05, 4.69) is 5.32 Å². The Morgan fingerprint density at radius 2 is 1.95 bits per heavy atom. The molecule has 0 heterocycles. The Kier molecular flexibility index (Phi) is 5.69. The van der Waals surface area contributed by atoms with Crippen LogP contribution in [0.5, 0.6) is 0 Å². The van der Waals surface area contributed by atoms with E-state index in [-0.39, 0.29) is 17.2 Å². The van der Waals surface area contributed by atoms with E-state index < -0.39 is 15.4 Å². The summed E-state index contributed by atoms with van der Waals surface area (Å²) in [7, 11) is -3.36. The molecule has 0 aliphatic carbocycles. The highest BCUT2D eigenvalue weighted by Gasteiger charge is 2.18. The Labute approximate surface area is 120 Å². The van der Waals surface area contributed by atoms with E-state index in [9.17, 15) is 13.5 Å². The van der Waals surface area contributed by atoms with Gasteiger partial charge >= 0.3 is 0 Å². The molecule has 1 unspecified atom stereocenters. The number of nitrogens with one attached hydrogen (secondary N) is 1. The maximum atomic E-state index is 12.0. The summed E-state index contributed by atoms with van der Waals surface area (Å²) in [5.74, 6) is -0.0430. The molecule has 20 heavy (non-hydrogen) atoms. The van der Waals surface area contributed by atoms with Crippen molar-refractivity contribution in [1.29, 1.82) is 5.26 Å². The summed E-state index contributed by atoms with van der Waals surface area (Å²) in [6.45, 7) is 4.20. The SMILES string of the molecule is CCC(C)(O)CNCCS(=O)(=O)c1ccc(C#N)cc1. The van der Waals surface area contributed by atoms with E-state index in [1.165, 1.54) is 24.3 Å². The Hall–Kier alpha value is -1.42. The third kappa shape index (κ3) is 4.93. The van der Waals surface area contributed by atoms with Crippen molar-refractivity contribution < 1.29 is 13.5 Å². The molecule has 0 saturated heterocycles. The minimum Gasteiger partial charge on any atom is -0.389 e. The molecule has 0 fully saturated rings. The van der Waals surface area contributed by atoms with Crippen molar-refractivity contribution in [2.75, 3.05) is 18.8 Å². The third-order valence-electron chi connectivity index (χ3n) is 3.16. The summed E-state index contributed by atoms with van der Waals surface area (Å²) in [5.41, 5.74) is -0.390. The quantitative estimate of drug-likeness (QED) is 0.735. The number of nitrogens with zero attached hydrogens (tertiary/aromatic N) is 1. The lowest BCUT2D eigenvalue weighted by Gasteiger charge is -2.21. The number of hydrogen-bond donors (Lipinski definition) is 2. The lowest BCUT2D eigenvalue weighted by molar-refractivity contribution is 0.0565. The van der Waals surface area contributed by atoms with Crippen LogP contribution in [0.25, 0.3) is 0 Å². The number of nitriles is 1. The van der Waals surface area contributed by atoms with Gasteiger partial charge < -0.3 is 10.4 Å². The van der Waals surface area contributed by atoms with Gasteiger partial charge in [0.2, 0.25) is 0 Å². The maximum absolute atomic E-state index is 12.0. The van der Waals surface area contributed by atoms with Gasteiger partial charge in [-0.2, -0.15) is 5.26 Å². The van der Waals surface area contributed by atoms with Crippen LogP contribution in [0.3, 0.4) is 0 Å². The molecule has 2 N–H and O–H groups in total. The second kappa shape index (κ2) is 6.84. The third-order valence-corrected chi connectivity index (χ3v) is 4.89. The van der Waals surface area contributed by atoms with E-state index >= 15 is 0 Å². The number of benzene rings is 1. The van der Waals surface area contributed by atoms with Crippen LogP contribution in [-0.2, 0) is 9.84 Å². The fourth-order valence-corrected chi connectivity index (χ4v) is 2.74. The highest BCUT2D eigenvalue weighted by molar-refractivity contribution is 7.91. The van der Waals surface area contributed by atoms with Crippen molar-refractivity contribution in [3.8, 4) is 6.07 Å². The van der Waals surface area contributed by atoms with Crippen LogP contribution in [0.1, 0.15) is 25.8 Å². The molecule has 0 aliphatic heterocycles. The smallest absolute Gasteiger partial charge is 0.179 e. The van der Waals surface area contributed by atoms with Crippen LogP contribution in [-0.4, -0.2) is 38.0 Å². The standard InChI is InChI=1S/C14H20N2O3S/c1-3-14(2,17)11-16-8-9-20(18,19)13-6-4-12(10-15)5-7-13/h4-7,16-17H,3,8-9,11H2,1-2H3. The molecular formula is C14H20N2O3S. The van der Waals surface area contributed by atoms with E-state index in [1.807, 2.05) is 13.0 Å². The van der Waals surface area contributed by atoms with Crippen molar-refractivity contribution in [2.24, 2.45) is 0 Å². The molecule has 0 spiro atoms. The van der Waals surface area contributed by atoms with E-state index in [0.717, 1.165) is 0 Å². The first-order chi connectivity index (χ1) is 9.30. The molecular weight excluding hydrogens is 276 g/mol. The number of rotatable bonds is 7. The van der Waals surface area contributed by atoms with Crippen LogP contribution < -0.4 is 5.32 Å². The topological polar surface area (TPSA) is 90.2 Å². The Morgan fingerprint density at radius 3 is 2.45 bits per heavy atom. The van der Waals surface area contributed by atoms with Crippen molar-refractivity contribution in [3.63, 3.8) is 0 Å². The van der Waals surface area contributed by atoms with Crippen molar-refractivity contribution in [1.82, 2.24) is 5.32 Å². The maximum Gasteiger partial charge on any atom is 0.179 e. The second-order valence-corrected chi connectivity index (χ2v) is 7.09. The first-order valence-electron chi connectivity index (χ1n) is 6.47. The number of hydrogen-bond acceptors (Lipinski definition) is 5. The van der Waals surface area contributed by atoms with Crippen LogP contribution in [0, 0.1) is 11.3 Å². The summed E-state index contributed by atoms with van der Waals surface area (Å²) >= 11 is 0. The minimum atomic E-state index is -3.36. The van der Waals surface area contributed by atoms with E-state index in [1.54, 1.807) is 6.92 Å². The predicted octanol–water partition coefficient (Wildman–Crippen LogP) is 1.08. The first-order valence-corrected chi connectivity index (χ1v) is 8.12. The Morgan fingerprint density at radius 1 is 1.35 bits per heavy atom. The zero-order chi connectivity index (χ0) is 15.2. The molecule has 0 radical (unpaired) electrons. The molecule has 6 heteroatoms. The van der Waals surface area contributed by atoms with Crippen molar-refractivity contribution >= 4 is 9.84 Å². The monoisotopic (exact) mass is 296 g/mol. The van der Waals surface area contributed by atoms with Crippen molar-refractivity contribution in [2.45, 2.75) is 30.8 Å². The summed E-state index contributed by atoms with van der Waals surface area (Å²) in [4.78, 5) is 0.209. The van der Waals surface area contributed by atoms with Gasteiger partial charge in [0.25, 0.3) is 0 Å². The first kappa shape index (κ1) is 16.6. The molecule has 1 aromatic rings. The normalized spacial score (nSPS) is 14.5. The summed E-state index contributed by atoms with van der Waals surface area (Å²) in [5, 5.41) is 21.4.